The monoisotopic (exact) mass is 407 g/mol. The highest BCUT2D eigenvalue weighted by Crippen LogP contribution is 2.28. The van der Waals surface area contributed by atoms with Crippen LogP contribution in [0.25, 0.3) is 11.2 Å². The zero-order chi connectivity index (χ0) is 21.1. The van der Waals surface area contributed by atoms with E-state index in [9.17, 15) is 9.59 Å². The van der Waals surface area contributed by atoms with Crippen LogP contribution in [0.1, 0.15) is 42.5 Å². The van der Waals surface area contributed by atoms with Gasteiger partial charge in [0.2, 0.25) is 0 Å². The molecular weight excluding hydrogens is 382 g/mol. The molecule has 30 heavy (non-hydrogen) atoms. The molecular formula is C22H25N5O3. The molecule has 4 rings (SSSR count). The zero-order valence-electron chi connectivity index (χ0n) is 17.2. The number of likely N-dealkylation sites (tertiary alicyclic amines) is 1. The number of hydrogen-bond acceptors (Lipinski definition) is 5. The van der Waals surface area contributed by atoms with Crippen LogP contribution in [0.3, 0.4) is 0 Å². The van der Waals surface area contributed by atoms with Gasteiger partial charge in [-0.3, -0.25) is 0 Å². The number of aromatic nitrogens is 3. The second kappa shape index (κ2) is 8.52. The minimum absolute atomic E-state index is 0.136. The Balaban J connectivity index is 1.47. The van der Waals surface area contributed by atoms with Crippen LogP contribution < -0.4 is 5.32 Å². The summed E-state index contributed by atoms with van der Waals surface area (Å²) in [5, 5.41) is 2.89. The number of hydrogen-bond donors (Lipinski definition) is 1. The van der Waals surface area contributed by atoms with E-state index < -0.39 is 5.97 Å². The highest BCUT2D eigenvalue weighted by atomic mass is 16.5. The number of ether oxygens (including phenoxy) is 1. The number of aryl methyl sites for hydroxylation is 1. The Hall–Kier alpha value is -3.42. The summed E-state index contributed by atoms with van der Waals surface area (Å²) in [7, 11) is 0. The molecule has 0 radical (unpaired) electrons. The van der Waals surface area contributed by atoms with Crippen LogP contribution in [0.15, 0.2) is 42.6 Å². The topological polar surface area (TPSA) is 89.4 Å². The third kappa shape index (κ3) is 3.85. The molecule has 1 N–H and O–H groups in total. The lowest BCUT2D eigenvalue weighted by Crippen LogP contribution is -2.33. The smallest absolute Gasteiger partial charge is 0.338 e. The normalized spacial score (nSPS) is 16.1. The first-order valence-electron chi connectivity index (χ1n) is 10.3. The van der Waals surface area contributed by atoms with Gasteiger partial charge in [-0.05, 0) is 43.7 Å². The van der Waals surface area contributed by atoms with Crippen molar-refractivity contribution in [1.82, 2.24) is 19.4 Å². The molecule has 1 aliphatic rings. The molecule has 1 atom stereocenters. The number of urea groups is 1. The summed E-state index contributed by atoms with van der Waals surface area (Å²) in [6.45, 7) is 5.37. The van der Waals surface area contributed by atoms with Crippen LogP contribution in [0.2, 0.25) is 0 Å². The summed E-state index contributed by atoms with van der Waals surface area (Å²) < 4.78 is 7.19. The standard InChI is InChI=1S/C22H25N5O3/c1-3-19-25-18-9-6-11-23-20(18)27(19)17-10-12-26(14-17)22(29)24-16-8-5-7-15(13-16)21(28)30-4-2/h5-9,11,13,17H,3-4,10,12,14H2,1-2H3,(H,24,29). The van der Waals surface area contributed by atoms with E-state index in [0.717, 1.165) is 29.8 Å². The van der Waals surface area contributed by atoms with Crippen molar-refractivity contribution in [3.63, 3.8) is 0 Å². The number of esters is 1. The van der Waals surface area contributed by atoms with Crippen molar-refractivity contribution < 1.29 is 14.3 Å². The molecule has 2 aromatic heterocycles. The number of pyridine rings is 1. The fourth-order valence-electron chi connectivity index (χ4n) is 3.89. The van der Waals surface area contributed by atoms with Gasteiger partial charge in [0, 0.05) is 31.4 Å². The molecule has 156 valence electrons. The van der Waals surface area contributed by atoms with Crippen LogP contribution in [-0.4, -0.2) is 51.1 Å². The summed E-state index contributed by atoms with van der Waals surface area (Å²) in [6.07, 6.45) is 3.42. The first-order valence-corrected chi connectivity index (χ1v) is 10.3. The molecule has 1 fully saturated rings. The molecule has 0 aliphatic carbocycles. The second-order valence-electron chi connectivity index (χ2n) is 7.22. The number of benzene rings is 1. The number of nitrogens with zero attached hydrogens (tertiary/aromatic N) is 4. The van der Waals surface area contributed by atoms with Crippen molar-refractivity contribution in [2.75, 3.05) is 25.0 Å². The number of imidazole rings is 1. The van der Waals surface area contributed by atoms with Crippen LogP contribution in [-0.2, 0) is 11.2 Å². The van der Waals surface area contributed by atoms with Crippen LogP contribution in [0, 0.1) is 0 Å². The highest BCUT2D eigenvalue weighted by molar-refractivity contribution is 5.94. The molecule has 2 amide bonds. The van der Waals surface area contributed by atoms with E-state index >= 15 is 0 Å². The number of rotatable bonds is 5. The van der Waals surface area contributed by atoms with E-state index in [1.165, 1.54) is 0 Å². The molecule has 1 saturated heterocycles. The summed E-state index contributed by atoms with van der Waals surface area (Å²) in [5.41, 5.74) is 2.73. The van der Waals surface area contributed by atoms with Gasteiger partial charge in [-0.25, -0.2) is 19.6 Å². The molecule has 8 heteroatoms. The molecule has 8 nitrogen and oxygen atoms in total. The van der Waals surface area contributed by atoms with Crippen molar-refractivity contribution in [2.45, 2.75) is 32.7 Å². The predicted molar refractivity (Wildman–Crippen MR) is 114 cm³/mol. The molecule has 0 saturated carbocycles. The quantitative estimate of drug-likeness (QED) is 0.652. The van der Waals surface area contributed by atoms with Crippen molar-refractivity contribution in [1.29, 1.82) is 0 Å². The number of nitrogens with one attached hydrogen (secondary N) is 1. The number of fused-ring (bicyclic) bond motifs is 1. The van der Waals surface area contributed by atoms with E-state index in [1.54, 1.807) is 42.3 Å². The SMILES string of the molecule is CCOC(=O)c1cccc(NC(=O)N2CCC(n3c(CC)nc4cccnc43)C2)c1. The fourth-order valence-corrected chi connectivity index (χ4v) is 3.89. The van der Waals surface area contributed by atoms with Gasteiger partial charge in [0.05, 0.1) is 18.2 Å². The van der Waals surface area contributed by atoms with Gasteiger partial charge in [-0.15, -0.1) is 0 Å². The molecule has 1 unspecified atom stereocenters. The van der Waals surface area contributed by atoms with Gasteiger partial charge in [0.25, 0.3) is 0 Å². The Bertz CT molecular complexity index is 1080. The maximum absolute atomic E-state index is 12.8. The fraction of sp³-hybridized carbons (Fsp3) is 0.364. The third-order valence-corrected chi connectivity index (χ3v) is 5.28. The van der Waals surface area contributed by atoms with Crippen molar-refractivity contribution in [2.24, 2.45) is 0 Å². The number of carbonyl (C=O) groups excluding carboxylic acids is 2. The average Bonchev–Trinajstić information content (AvgIpc) is 3.38. The van der Waals surface area contributed by atoms with Crippen molar-refractivity contribution in [3.05, 3.63) is 54.0 Å². The largest absolute Gasteiger partial charge is 0.462 e. The molecule has 1 aliphatic heterocycles. The highest BCUT2D eigenvalue weighted by Gasteiger charge is 2.30. The first kappa shape index (κ1) is 19.9. The van der Waals surface area contributed by atoms with Gasteiger partial charge in [-0.2, -0.15) is 0 Å². The maximum Gasteiger partial charge on any atom is 0.338 e. The lowest BCUT2D eigenvalue weighted by Gasteiger charge is -2.19. The van der Waals surface area contributed by atoms with E-state index in [1.807, 2.05) is 12.1 Å². The van der Waals surface area contributed by atoms with Crippen molar-refractivity contribution >= 4 is 28.9 Å². The summed E-state index contributed by atoms with van der Waals surface area (Å²) in [5.74, 6) is 0.583. The van der Waals surface area contributed by atoms with Crippen molar-refractivity contribution in [3.8, 4) is 0 Å². The third-order valence-electron chi connectivity index (χ3n) is 5.28. The predicted octanol–water partition coefficient (Wildman–Crippen LogP) is 3.65. The van der Waals surface area contributed by atoms with Gasteiger partial charge in [0.1, 0.15) is 11.3 Å². The molecule has 1 aromatic carbocycles. The lowest BCUT2D eigenvalue weighted by atomic mass is 10.2. The number of carbonyl (C=O) groups is 2. The zero-order valence-corrected chi connectivity index (χ0v) is 17.2. The van der Waals surface area contributed by atoms with Crippen LogP contribution in [0.4, 0.5) is 10.5 Å². The number of anilines is 1. The Kier molecular flexibility index (Phi) is 5.65. The summed E-state index contributed by atoms with van der Waals surface area (Å²) in [6, 6.07) is 10.6. The van der Waals surface area contributed by atoms with Gasteiger partial charge >= 0.3 is 12.0 Å². The van der Waals surface area contributed by atoms with E-state index in [0.29, 0.717) is 30.9 Å². The average molecular weight is 407 g/mol. The Morgan fingerprint density at radius 1 is 1.23 bits per heavy atom. The Morgan fingerprint density at radius 2 is 2.10 bits per heavy atom. The first-order chi connectivity index (χ1) is 14.6. The summed E-state index contributed by atoms with van der Waals surface area (Å²) >= 11 is 0. The minimum Gasteiger partial charge on any atom is -0.462 e. The van der Waals surface area contributed by atoms with Crippen LogP contribution >= 0.6 is 0 Å². The van der Waals surface area contributed by atoms with E-state index in [4.69, 9.17) is 9.72 Å². The molecule has 0 spiro atoms. The van der Waals surface area contributed by atoms with Crippen LogP contribution in [0.5, 0.6) is 0 Å². The Morgan fingerprint density at radius 3 is 2.90 bits per heavy atom. The maximum atomic E-state index is 12.8. The van der Waals surface area contributed by atoms with Gasteiger partial charge in [-0.1, -0.05) is 13.0 Å². The van der Waals surface area contributed by atoms with E-state index in [-0.39, 0.29) is 12.1 Å². The minimum atomic E-state index is -0.401. The van der Waals surface area contributed by atoms with Gasteiger partial charge < -0.3 is 19.5 Å². The molecule has 0 bridgehead atoms. The lowest BCUT2D eigenvalue weighted by molar-refractivity contribution is 0.0526. The molecule has 3 heterocycles. The Labute approximate surface area is 174 Å². The van der Waals surface area contributed by atoms with E-state index in [2.05, 4.69) is 21.8 Å². The number of amides is 2. The summed E-state index contributed by atoms with van der Waals surface area (Å²) in [4.78, 5) is 35.7. The van der Waals surface area contributed by atoms with Gasteiger partial charge in [0.15, 0.2) is 5.65 Å². The second-order valence-corrected chi connectivity index (χ2v) is 7.22. The molecule has 3 aromatic rings.